The van der Waals surface area contributed by atoms with Crippen molar-refractivity contribution in [1.82, 2.24) is 0 Å². The summed E-state index contributed by atoms with van der Waals surface area (Å²) in [6.45, 7) is 0. The predicted octanol–water partition coefficient (Wildman–Crippen LogP) is -0.687. The number of phenolic OH excluding ortho intramolecular Hbond substituents is 3. The van der Waals surface area contributed by atoms with Gasteiger partial charge in [-0.3, -0.25) is 4.79 Å². The van der Waals surface area contributed by atoms with E-state index in [0.717, 1.165) is 0 Å². The minimum absolute atomic E-state index is 0.863. The van der Waals surface area contributed by atoms with Crippen LogP contribution < -0.4 is 5.73 Å². The average Bonchev–Trinajstić information content (AvgIpc) is 2.11. The molecule has 0 saturated carbocycles. The lowest BCUT2D eigenvalue weighted by atomic mass is 10.1. The molecule has 0 aliphatic rings. The van der Waals surface area contributed by atoms with Crippen LogP contribution in [0.25, 0.3) is 0 Å². The van der Waals surface area contributed by atoms with Gasteiger partial charge in [-0.2, -0.15) is 0 Å². The van der Waals surface area contributed by atoms with Crippen molar-refractivity contribution < 1.29 is 30.3 Å². The summed E-state index contributed by atoms with van der Waals surface area (Å²) in [6, 6.07) is 0. The molecule has 1 amide bonds. The molecule has 0 heterocycles. The van der Waals surface area contributed by atoms with Crippen molar-refractivity contribution in [2.75, 3.05) is 0 Å². The molecule has 0 aromatic heterocycles. The van der Waals surface area contributed by atoms with E-state index in [2.05, 4.69) is 0 Å². The molecule has 1 rings (SSSR count). The summed E-state index contributed by atoms with van der Waals surface area (Å²) < 4.78 is 0. The number of hydrogen-bond acceptors (Lipinski definition) is 6. The fourth-order valence-electron chi connectivity index (χ4n) is 0.919. The first-order valence-corrected chi connectivity index (χ1v) is 3.36. The van der Waals surface area contributed by atoms with Crippen LogP contribution in [0.2, 0.25) is 0 Å². The predicted molar refractivity (Wildman–Crippen MR) is 43.3 cm³/mol. The van der Waals surface area contributed by atoms with E-state index in [9.17, 15) is 4.79 Å². The molecular formula is C7H7NO6. The Labute approximate surface area is 77.3 Å². The summed E-state index contributed by atoms with van der Waals surface area (Å²) in [6.07, 6.45) is 0. The van der Waals surface area contributed by atoms with Crippen molar-refractivity contribution in [2.24, 2.45) is 5.73 Å². The highest BCUT2D eigenvalue weighted by Crippen LogP contribution is 2.50. The number of amides is 1. The Hall–Kier alpha value is -2.31. The highest BCUT2D eigenvalue weighted by molar-refractivity contribution is 6.01. The molecule has 0 atom stereocenters. The zero-order chi connectivity index (χ0) is 11.0. The molecule has 0 fully saturated rings. The molecule has 0 aliphatic heterocycles. The van der Waals surface area contributed by atoms with Gasteiger partial charge >= 0.3 is 0 Å². The van der Waals surface area contributed by atoms with E-state index in [1.165, 1.54) is 0 Å². The maximum absolute atomic E-state index is 10.7. The van der Waals surface area contributed by atoms with Crippen LogP contribution in [0, 0.1) is 0 Å². The second-order valence-electron chi connectivity index (χ2n) is 2.48. The van der Waals surface area contributed by atoms with Gasteiger partial charge in [0.05, 0.1) is 0 Å². The summed E-state index contributed by atoms with van der Waals surface area (Å²) in [5.41, 5.74) is 3.88. The van der Waals surface area contributed by atoms with E-state index in [1.54, 1.807) is 0 Å². The van der Waals surface area contributed by atoms with E-state index >= 15 is 0 Å². The molecule has 0 aliphatic carbocycles. The normalized spacial score (nSPS) is 10.0. The third kappa shape index (κ3) is 1.11. The average molecular weight is 201 g/mol. The quantitative estimate of drug-likeness (QED) is 0.262. The largest absolute Gasteiger partial charge is 0.504 e. The second-order valence-corrected chi connectivity index (χ2v) is 2.48. The lowest BCUT2D eigenvalue weighted by Crippen LogP contribution is -2.11. The molecule has 14 heavy (non-hydrogen) atoms. The van der Waals surface area contributed by atoms with Crippen molar-refractivity contribution in [3.63, 3.8) is 0 Å². The number of nitrogens with two attached hydrogens (primary N) is 1. The molecule has 0 bridgehead atoms. The van der Waals surface area contributed by atoms with Crippen molar-refractivity contribution in [1.29, 1.82) is 0 Å². The molecule has 1 aromatic carbocycles. The highest BCUT2D eigenvalue weighted by atomic mass is 16.4. The molecule has 0 unspecified atom stereocenters. The third-order valence-electron chi connectivity index (χ3n) is 1.62. The highest BCUT2D eigenvalue weighted by Gasteiger charge is 2.25. The van der Waals surface area contributed by atoms with Crippen molar-refractivity contribution in [3.8, 4) is 28.7 Å². The maximum atomic E-state index is 10.7. The standard InChI is InChI=1S/C7H7NO6/c8-7(14)1-2(9)4(11)6(13)5(12)3(1)10/h9-13H,(H2,8,14). The topological polar surface area (TPSA) is 144 Å². The molecule has 7 heteroatoms. The fourth-order valence-corrected chi connectivity index (χ4v) is 0.919. The molecule has 7 N–H and O–H groups in total. The summed E-state index contributed by atoms with van der Waals surface area (Å²) >= 11 is 0. The molecular weight excluding hydrogens is 194 g/mol. The fraction of sp³-hybridized carbons (Fsp3) is 0. The SMILES string of the molecule is NC(=O)c1c(O)c(O)c(O)c(O)c1O. The number of hydrogen-bond donors (Lipinski definition) is 6. The molecule has 7 nitrogen and oxygen atoms in total. The third-order valence-corrected chi connectivity index (χ3v) is 1.62. The lowest BCUT2D eigenvalue weighted by molar-refractivity contribution is 0.0993. The van der Waals surface area contributed by atoms with Crippen molar-refractivity contribution in [3.05, 3.63) is 5.56 Å². The van der Waals surface area contributed by atoms with E-state index in [-0.39, 0.29) is 0 Å². The maximum Gasteiger partial charge on any atom is 0.256 e. The zero-order valence-electron chi connectivity index (χ0n) is 6.72. The van der Waals surface area contributed by atoms with Crippen LogP contribution in [0.4, 0.5) is 0 Å². The Kier molecular flexibility index (Phi) is 2.01. The Morgan fingerprint density at radius 1 is 0.786 bits per heavy atom. The van der Waals surface area contributed by atoms with Crippen molar-refractivity contribution >= 4 is 5.91 Å². The first-order valence-electron chi connectivity index (χ1n) is 3.36. The number of benzene rings is 1. The van der Waals surface area contributed by atoms with Crippen LogP contribution in [-0.4, -0.2) is 31.4 Å². The number of carbonyl (C=O) groups is 1. The van der Waals surface area contributed by atoms with Crippen LogP contribution in [0.1, 0.15) is 10.4 Å². The summed E-state index contributed by atoms with van der Waals surface area (Å²) in [7, 11) is 0. The summed E-state index contributed by atoms with van der Waals surface area (Å²) in [5.74, 6) is -6.84. The number of rotatable bonds is 1. The second kappa shape index (κ2) is 2.87. The molecule has 1 aromatic rings. The number of primary amides is 1. The van der Waals surface area contributed by atoms with E-state index in [1.807, 2.05) is 0 Å². The Bertz CT molecular complexity index is 384. The number of aromatic hydroxyl groups is 5. The summed E-state index contributed by atoms with van der Waals surface area (Å²) in [4.78, 5) is 10.7. The Morgan fingerprint density at radius 2 is 1.07 bits per heavy atom. The smallest absolute Gasteiger partial charge is 0.256 e. The number of carbonyl (C=O) groups excluding carboxylic acids is 1. The van der Waals surface area contributed by atoms with Gasteiger partial charge in [0, 0.05) is 0 Å². The molecule has 76 valence electrons. The van der Waals surface area contributed by atoms with Crippen LogP contribution in [0.15, 0.2) is 0 Å². The van der Waals surface area contributed by atoms with Gasteiger partial charge < -0.3 is 31.3 Å². The van der Waals surface area contributed by atoms with E-state index in [0.29, 0.717) is 0 Å². The molecule has 0 spiro atoms. The lowest BCUT2D eigenvalue weighted by Gasteiger charge is -2.09. The minimum Gasteiger partial charge on any atom is -0.504 e. The first kappa shape index (κ1) is 9.78. The van der Waals surface area contributed by atoms with Crippen LogP contribution in [0.3, 0.4) is 0 Å². The van der Waals surface area contributed by atoms with Gasteiger partial charge in [-0.25, -0.2) is 0 Å². The van der Waals surface area contributed by atoms with E-state index in [4.69, 9.17) is 31.3 Å². The van der Waals surface area contributed by atoms with Gasteiger partial charge in [0.15, 0.2) is 11.5 Å². The van der Waals surface area contributed by atoms with Gasteiger partial charge in [0.25, 0.3) is 5.91 Å². The van der Waals surface area contributed by atoms with Crippen LogP contribution in [0.5, 0.6) is 28.7 Å². The van der Waals surface area contributed by atoms with Crippen LogP contribution >= 0.6 is 0 Å². The van der Waals surface area contributed by atoms with Crippen LogP contribution in [-0.2, 0) is 0 Å². The molecule has 0 radical (unpaired) electrons. The van der Waals surface area contributed by atoms with Gasteiger partial charge in [0.2, 0.25) is 17.2 Å². The zero-order valence-corrected chi connectivity index (χ0v) is 6.72. The monoisotopic (exact) mass is 201 g/mol. The minimum atomic E-state index is -1.26. The van der Waals surface area contributed by atoms with Crippen molar-refractivity contribution in [2.45, 2.75) is 0 Å². The Morgan fingerprint density at radius 3 is 1.36 bits per heavy atom. The number of phenols is 5. The molecule has 0 saturated heterocycles. The van der Waals surface area contributed by atoms with Gasteiger partial charge in [-0.1, -0.05) is 0 Å². The van der Waals surface area contributed by atoms with Gasteiger partial charge in [-0.15, -0.1) is 0 Å². The summed E-state index contributed by atoms with van der Waals surface area (Å²) in [5, 5.41) is 45.0. The Balaban J connectivity index is 3.68. The first-order chi connectivity index (χ1) is 6.37. The van der Waals surface area contributed by atoms with E-state index < -0.39 is 40.2 Å². The van der Waals surface area contributed by atoms with Gasteiger partial charge in [0.1, 0.15) is 5.56 Å². The van der Waals surface area contributed by atoms with Gasteiger partial charge in [-0.05, 0) is 0 Å².